The number of ether oxygens (including phenoxy) is 1. The molecule has 7 heteroatoms. The van der Waals surface area contributed by atoms with Crippen LogP contribution < -0.4 is 15.4 Å². The number of nitrogens with one attached hydrogen (secondary N) is 2. The highest BCUT2D eigenvalue weighted by Crippen LogP contribution is 2.23. The fourth-order valence-electron chi connectivity index (χ4n) is 2.14. The van der Waals surface area contributed by atoms with E-state index in [1.54, 1.807) is 18.4 Å². The number of nitrogens with zero attached hydrogens (tertiary/aromatic N) is 2. The number of guanidine groups is 1. The van der Waals surface area contributed by atoms with Crippen molar-refractivity contribution in [3.05, 3.63) is 45.9 Å². The summed E-state index contributed by atoms with van der Waals surface area (Å²) in [5, 5.41) is 9.84. The van der Waals surface area contributed by atoms with Gasteiger partial charge in [-0.25, -0.2) is 9.98 Å². The monoisotopic (exact) mass is 488 g/mol. The van der Waals surface area contributed by atoms with Gasteiger partial charge in [0, 0.05) is 17.3 Å². The Balaban J connectivity index is 0.00000338. The Labute approximate surface area is 177 Å². The van der Waals surface area contributed by atoms with E-state index in [2.05, 4.69) is 48.7 Å². The van der Waals surface area contributed by atoms with Gasteiger partial charge >= 0.3 is 0 Å². The van der Waals surface area contributed by atoms with Crippen molar-refractivity contribution in [2.24, 2.45) is 4.99 Å². The van der Waals surface area contributed by atoms with Crippen LogP contribution in [0.3, 0.4) is 0 Å². The first kappa shape index (κ1) is 22.7. The van der Waals surface area contributed by atoms with Gasteiger partial charge in [0.05, 0.1) is 25.9 Å². The molecule has 0 unspecified atom stereocenters. The first-order valence-electron chi connectivity index (χ1n) is 8.52. The van der Waals surface area contributed by atoms with E-state index in [1.165, 1.54) is 0 Å². The molecular formula is C19H29IN4OS. The first-order valence-corrected chi connectivity index (χ1v) is 9.40. The van der Waals surface area contributed by atoms with Crippen LogP contribution in [0.2, 0.25) is 0 Å². The van der Waals surface area contributed by atoms with E-state index >= 15 is 0 Å². The van der Waals surface area contributed by atoms with E-state index in [1.807, 2.05) is 24.3 Å². The normalized spacial score (nSPS) is 11.7. The molecule has 1 aromatic carbocycles. The molecule has 26 heavy (non-hydrogen) atoms. The molecule has 0 saturated carbocycles. The Kier molecular flexibility index (Phi) is 9.35. The van der Waals surface area contributed by atoms with Gasteiger partial charge in [-0.2, -0.15) is 0 Å². The molecule has 0 aliphatic heterocycles. The number of aliphatic imine (C=N–C) groups is 1. The molecule has 0 aliphatic carbocycles. The summed E-state index contributed by atoms with van der Waals surface area (Å²) in [6, 6.07) is 7.97. The van der Waals surface area contributed by atoms with E-state index < -0.39 is 0 Å². The molecule has 0 saturated heterocycles. The number of methoxy groups -OCH3 is 1. The molecule has 2 aromatic rings. The predicted molar refractivity (Wildman–Crippen MR) is 121 cm³/mol. The molecule has 0 spiro atoms. The second-order valence-electron chi connectivity index (χ2n) is 6.77. The number of rotatable bonds is 6. The van der Waals surface area contributed by atoms with Gasteiger partial charge in [-0.05, 0) is 24.6 Å². The lowest BCUT2D eigenvalue weighted by Gasteiger charge is -2.14. The molecule has 1 aromatic heterocycles. The maximum Gasteiger partial charge on any atom is 0.191 e. The molecule has 2 N–H and O–H groups in total. The minimum atomic E-state index is 0. The zero-order chi connectivity index (χ0) is 18.3. The highest BCUT2D eigenvalue weighted by Gasteiger charge is 2.17. The SMILES string of the molecule is CCNC(=NCc1ccc(OC)cc1)NCc1nc(C(C)(C)C)cs1.I. The second-order valence-corrected chi connectivity index (χ2v) is 7.72. The highest BCUT2D eigenvalue weighted by molar-refractivity contribution is 14.0. The highest BCUT2D eigenvalue weighted by atomic mass is 127. The van der Waals surface area contributed by atoms with Crippen LogP contribution >= 0.6 is 35.3 Å². The van der Waals surface area contributed by atoms with E-state index in [0.29, 0.717) is 13.1 Å². The van der Waals surface area contributed by atoms with Crippen LogP contribution in [0, 0.1) is 0 Å². The Morgan fingerprint density at radius 2 is 1.88 bits per heavy atom. The third-order valence-corrected chi connectivity index (χ3v) is 4.50. The van der Waals surface area contributed by atoms with Gasteiger partial charge in [-0.15, -0.1) is 35.3 Å². The third kappa shape index (κ3) is 7.11. The van der Waals surface area contributed by atoms with Gasteiger partial charge in [0.1, 0.15) is 10.8 Å². The number of hydrogen-bond donors (Lipinski definition) is 2. The topological polar surface area (TPSA) is 58.5 Å². The molecule has 144 valence electrons. The van der Waals surface area contributed by atoms with Crippen LogP contribution in [0.5, 0.6) is 5.75 Å². The minimum absolute atomic E-state index is 0. The van der Waals surface area contributed by atoms with Crippen molar-refractivity contribution in [3.8, 4) is 5.75 Å². The van der Waals surface area contributed by atoms with Crippen molar-refractivity contribution in [1.29, 1.82) is 0 Å². The van der Waals surface area contributed by atoms with Gasteiger partial charge < -0.3 is 15.4 Å². The summed E-state index contributed by atoms with van der Waals surface area (Å²) < 4.78 is 5.18. The van der Waals surface area contributed by atoms with Crippen LogP contribution in [0.1, 0.15) is 44.0 Å². The number of benzene rings is 1. The lowest BCUT2D eigenvalue weighted by Crippen LogP contribution is -2.36. The number of hydrogen-bond acceptors (Lipinski definition) is 4. The summed E-state index contributed by atoms with van der Waals surface area (Å²) in [5.74, 6) is 1.65. The fraction of sp³-hybridized carbons (Fsp3) is 0.474. The van der Waals surface area contributed by atoms with Gasteiger partial charge in [0.25, 0.3) is 0 Å². The van der Waals surface area contributed by atoms with Crippen molar-refractivity contribution < 1.29 is 4.74 Å². The van der Waals surface area contributed by atoms with Crippen molar-refractivity contribution in [3.63, 3.8) is 0 Å². The van der Waals surface area contributed by atoms with Crippen LogP contribution in [0.4, 0.5) is 0 Å². The molecule has 0 aliphatic rings. The zero-order valence-electron chi connectivity index (χ0n) is 16.1. The number of halogens is 1. The van der Waals surface area contributed by atoms with Crippen molar-refractivity contribution >= 4 is 41.3 Å². The summed E-state index contributed by atoms with van der Waals surface area (Å²) >= 11 is 1.68. The largest absolute Gasteiger partial charge is 0.497 e. The Bertz CT molecular complexity index is 692. The number of thiazole rings is 1. The van der Waals surface area contributed by atoms with E-state index in [-0.39, 0.29) is 29.4 Å². The number of aromatic nitrogens is 1. The van der Waals surface area contributed by atoms with E-state index in [9.17, 15) is 0 Å². The fourth-order valence-corrected chi connectivity index (χ4v) is 3.10. The van der Waals surface area contributed by atoms with Gasteiger partial charge in [0.15, 0.2) is 5.96 Å². The Morgan fingerprint density at radius 3 is 2.42 bits per heavy atom. The smallest absolute Gasteiger partial charge is 0.191 e. The second kappa shape index (κ2) is 10.7. The molecule has 0 fully saturated rings. The molecule has 1 heterocycles. The lowest BCUT2D eigenvalue weighted by atomic mass is 9.93. The summed E-state index contributed by atoms with van der Waals surface area (Å²) in [5.41, 5.74) is 2.36. The molecular weight excluding hydrogens is 459 g/mol. The maximum atomic E-state index is 5.18. The van der Waals surface area contributed by atoms with Crippen LogP contribution in [0.25, 0.3) is 0 Å². The first-order chi connectivity index (χ1) is 11.9. The van der Waals surface area contributed by atoms with Gasteiger partial charge in [-0.1, -0.05) is 32.9 Å². The predicted octanol–water partition coefficient (Wildman–Crippen LogP) is 4.32. The van der Waals surface area contributed by atoms with Crippen LogP contribution in [0.15, 0.2) is 34.6 Å². The van der Waals surface area contributed by atoms with Crippen molar-refractivity contribution in [2.45, 2.75) is 46.2 Å². The van der Waals surface area contributed by atoms with E-state index in [0.717, 1.165) is 34.5 Å². The Morgan fingerprint density at radius 1 is 1.19 bits per heavy atom. The van der Waals surface area contributed by atoms with Gasteiger partial charge in [0.2, 0.25) is 0 Å². The molecule has 0 radical (unpaired) electrons. The minimum Gasteiger partial charge on any atom is -0.497 e. The molecule has 0 bridgehead atoms. The molecule has 0 atom stereocenters. The summed E-state index contributed by atoms with van der Waals surface area (Å²) in [6.45, 7) is 10.7. The van der Waals surface area contributed by atoms with Gasteiger partial charge in [-0.3, -0.25) is 0 Å². The average Bonchev–Trinajstić information content (AvgIpc) is 3.07. The molecule has 5 nitrogen and oxygen atoms in total. The molecule has 0 amide bonds. The van der Waals surface area contributed by atoms with Crippen molar-refractivity contribution in [1.82, 2.24) is 15.6 Å². The van der Waals surface area contributed by atoms with Crippen LogP contribution in [-0.2, 0) is 18.5 Å². The summed E-state index contributed by atoms with van der Waals surface area (Å²) in [7, 11) is 1.67. The zero-order valence-corrected chi connectivity index (χ0v) is 19.3. The van der Waals surface area contributed by atoms with Crippen LogP contribution in [-0.4, -0.2) is 24.6 Å². The lowest BCUT2D eigenvalue weighted by molar-refractivity contribution is 0.414. The quantitative estimate of drug-likeness (QED) is 0.361. The summed E-state index contributed by atoms with van der Waals surface area (Å²) in [4.78, 5) is 9.35. The van der Waals surface area contributed by atoms with Crippen molar-refractivity contribution in [2.75, 3.05) is 13.7 Å². The molecule has 2 rings (SSSR count). The van der Waals surface area contributed by atoms with E-state index in [4.69, 9.17) is 9.72 Å². The average molecular weight is 488 g/mol. The standard InChI is InChI=1S/C19H28N4OS.HI/c1-6-20-18(21-11-14-7-9-15(24-5)10-8-14)22-12-17-23-16(13-25-17)19(2,3)4;/h7-10,13H,6,11-12H2,1-5H3,(H2,20,21,22);1H. The Hall–Kier alpha value is -1.35. The summed E-state index contributed by atoms with van der Waals surface area (Å²) in [6.07, 6.45) is 0. The third-order valence-electron chi connectivity index (χ3n) is 3.65. The maximum absolute atomic E-state index is 5.18.